The predicted octanol–water partition coefficient (Wildman–Crippen LogP) is 6.79. The van der Waals surface area contributed by atoms with E-state index in [2.05, 4.69) is 42.5 Å². The van der Waals surface area contributed by atoms with Crippen LogP contribution in [0.2, 0.25) is 0 Å². The first-order valence-electron chi connectivity index (χ1n) is 10.1. The number of benzene rings is 3. The monoisotopic (exact) mass is 621 g/mol. The number of nitrogens with zero attached hydrogens (tertiary/aromatic N) is 1. The SMILES string of the molecule is N#C/C(=C\c1cc(Br)cc(Br)c1OCC(=O)Nc1ccccc1)C(=O)Nc1cccc(C(F)(F)F)c1. The zero-order valence-electron chi connectivity index (χ0n) is 18.2. The first-order valence-corrected chi connectivity index (χ1v) is 11.7. The molecule has 0 aliphatic heterocycles. The lowest BCUT2D eigenvalue weighted by molar-refractivity contribution is -0.137. The molecule has 0 saturated carbocycles. The zero-order valence-corrected chi connectivity index (χ0v) is 21.4. The summed E-state index contributed by atoms with van der Waals surface area (Å²) < 4.78 is 45.6. The molecule has 0 spiro atoms. The van der Waals surface area contributed by atoms with Crippen molar-refractivity contribution in [1.29, 1.82) is 5.26 Å². The van der Waals surface area contributed by atoms with Gasteiger partial charge in [-0.3, -0.25) is 9.59 Å². The Morgan fingerprint density at radius 1 is 0.972 bits per heavy atom. The van der Waals surface area contributed by atoms with Crippen LogP contribution in [0.5, 0.6) is 5.75 Å². The molecule has 0 bridgehead atoms. The number of ether oxygens (including phenoxy) is 1. The van der Waals surface area contributed by atoms with Crippen molar-refractivity contribution < 1.29 is 27.5 Å². The Morgan fingerprint density at radius 3 is 2.33 bits per heavy atom. The van der Waals surface area contributed by atoms with E-state index in [1.54, 1.807) is 48.5 Å². The van der Waals surface area contributed by atoms with E-state index in [-0.39, 0.29) is 23.6 Å². The van der Waals surface area contributed by atoms with E-state index < -0.39 is 29.1 Å². The van der Waals surface area contributed by atoms with E-state index in [1.165, 1.54) is 12.1 Å². The summed E-state index contributed by atoms with van der Waals surface area (Å²) in [5, 5.41) is 14.5. The number of hydrogen-bond donors (Lipinski definition) is 2. The predicted molar refractivity (Wildman–Crippen MR) is 136 cm³/mol. The second-order valence-electron chi connectivity index (χ2n) is 7.21. The quantitative estimate of drug-likeness (QED) is 0.224. The normalized spacial score (nSPS) is 11.4. The molecule has 2 N–H and O–H groups in total. The summed E-state index contributed by atoms with van der Waals surface area (Å²) in [6.07, 6.45) is -3.38. The minimum Gasteiger partial charge on any atom is -0.482 e. The highest BCUT2D eigenvalue weighted by atomic mass is 79.9. The highest BCUT2D eigenvalue weighted by Crippen LogP contribution is 2.35. The van der Waals surface area contributed by atoms with Gasteiger partial charge in [-0.15, -0.1) is 0 Å². The van der Waals surface area contributed by atoms with Crippen molar-refractivity contribution in [3.05, 3.63) is 92.4 Å². The average molecular weight is 623 g/mol. The van der Waals surface area contributed by atoms with E-state index in [9.17, 15) is 28.0 Å². The minimum absolute atomic E-state index is 0.125. The van der Waals surface area contributed by atoms with Gasteiger partial charge >= 0.3 is 6.18 Å². The van der Waals surface area contributed by atoms with Crippen molar-refractivity contribution in [3.8, 4) is 11.8 Å². The number of amides is 2. The van der Waals surface area contributed by atoms with E-state index in [4.69, 9.17) is 4.74 Å². The number of carbonyl (C=O) groups is 2. The van der Waals surface area contributed by atoms with Crippen LogP contribution in [-0.4, -0.2) is 18.4 Å². The molecule has 11 heteroatoms. The Hall–Kier alpha value is -3.62. The second kappa shape index (κ2) is 11.9. The standard InChI is InChI=1S/C25H16Br2F3N3O3/c26-18-10-15(23(21(27)12-18)36-14-22(34)32-19-6-2-1-3-7-19)9-16(13-31)24(35)33-20-8-4-5-17(11-20)25(28,29)30/h1-12H,14H2,(H,32,34)(H,33,35)/b16-9+. The lowest BCUT2D eigenvalue weighted by Gasteiger charge is -2.13. The first-order chi connectivity index (χ1) is 17.1. The molecule has 184 valence electrons. The fourth-order valence-electron chi connectivity index (χ4n) is 2.97. The molecule has 0 unspecified atom stereocenters. The molecular formula is C25H16Br2F3N3O3. The summed E-state index contributed by atoms with van der Waals surface area (Å²) >= 11 is 6.65. The molecule has 0 aliphatic carbocycles. The Kier molecular flexibility index (Phi) is 8.90. The van der Waals surface area contributed by atoms with Crippen LogP contribution in [0.15, 0.2) is 81.2 Å². The highest BCUT2D eigenvalue weighted by Gasteiger charge is 2.30. The highest BCUT2D eigenvalue weighted by molar-refractivity contribution is 9.11. The van der Waals surface area contributed by atoms with Crippen LogP contribution < -0.4 is 15.4 Å². The smallest absolute Gasteiger partial charge is 0.416 e. The summed E-state index contributed by atoms with van der Waals surface area (Å²) in [6, 6.07) is 17.8. The number of para-hydroxylation sites is 1. The second-order valence-corrected chi connectivity index (χ2v) is 8.98. The van der Waals surface area contributed by atoms with E-state index in [0.717, 1.165) is 18.2 Å². The van der Waals surface area contributed by atoms with Crippen molar-refractivity contribution in [3.63, 3.8) is 0 Å². The Morgan fingerprint density at radius 2 is 1.67 bits per heavy atom. The van der Waals surface area contributed by atoms with Crippen LogP contribution in [-0.2, 0) is 15.8 Å². The number of nitrogens with one attached hydrogen (secondary N) is 2. The van der Waals surface area contributed by atoms with E-state index in [1.807, 2.05) is 0 Å². The molecule has 6 nitrogen and oxygen atoms in total. The molecule has 3 aromatic rings. The van der Waals surface area contributed by atoms with Crippen LogP contribution in [0.4, 0.5) is 24.5 Å². The van der Waals surface area contributed by atoms with Gasteiger partial charge in [0.05, 0.1) is 10.0 Å². The Labute approximate surface area is 221 Å². The summed E-state index contributed by atoms with van der Waals surface area (Å²) in [5.74, 6) is -1.17. The van der Waals surface area contributed by atoms with Crippen molar-refractivity contribution in [2.24, 2.45) is 0 Å². The van der Waals surface area contributed by atoms with Gasteiger partial charge in [0.1, 0.15) is 17.4 Å². The molecule has 36 heavy (non-hydrogen) atoms. The third-order valence-corrected chi connectivity index (χ3v) is 5.60. The van der Waals surface area contributed by atoms with Crippen LogP contribution in [0.3, 0.4) is 0 Å². The maximum absolute atomic E-state index is 13.0. The fraction of sp³-hybridized carbons (Fsp3) is 0.0800. The van der Waals surface area contributed by atoms with E-state index in [0.29, 0.717) is 14.6 Å². The van der Waals surface area contributed by atoms with Crippen LogP contribution in [0.1, 0.15) is 11.1 Å². The van der Waals surface area contributed by atoms with Gasteiger partial charge in [-0.1, -0.05) is 40.2 Å². The third kappa shape index (κ3) is 7.44. The number of hydrogen-bond acceptors (Lipinski definition) is 4. The minimum atomic E-state index is -4.59. The number of nitriles is 1. The Balaban J connectivity index is 1.82. The van der Waals surface area contributed by atoms with Crippen LogP contribution in [0.25, 0.3) is 6.08 Å². The first kappa shape index (κ1) is 27.0. The molecule has 0 heterocycles. The van der Waals surface area contributed by atoms with Gasteiger partial charge in [-0.05, 0) is 64.5 Å². The lowest BCUT2D eigenvalue weighted by atomic mass is 10.1. The molecule has 0 aromatic heterocycles. The zero-order chi connectivity index (χ0) is 26.3. The molecule has 0 atom stereocenters. The summed E-state index contributed by atoms with van der Waals surface area (Å²) in [4.78, 5) is 24.9. The van der Waals surface area contributed by atoms with Gasteiger partial charge in [0.15, 0.2) is 6.61 Å². The summed E-state index contributed by atoms with van der Waals surface area (Å²) in [7, 11) is 0. The van der Waals surface area contributed by atoms with E-state index >= 15 is 0 Å². The third-order valence-electron chi connectivity index (χ3n) is 4.55. The molecule has 0 saturated heterocycles. The number of halogens is 5. The maximum Gasteiger partial charge on any atom is 0.416 e. The Bertz CT molecular complexity index is 1350. The van der Waals surface area contributed by atoms with Gasteiger partial charge in [0, 0.05) is 21.4 Å². The van der Waals surface area contributed by atoms with Gasteiger partial charge in [-0.2, -0.15) is 18.4 Å². The van der Waals surface area contributed by atoms with Gasteiger partial charge in [0.25, 0.3) is 11.8 Å². The lowest BCUT2D eigenvalue weighted by Crippen LogP contribution is -2.20. The van der Waals surface area contributed by atoms with Gasteiger partial charge < -0.3 is 15.4 Å². The molecule has 3 aromatic carbocycles. The summed E-state index contributed by atoms with van der Waals surface area (Å²) in [5.41, 5.74) is -0.599. The molecule has 2 amide bonds. The largest absolute Gasteiger partial charge is 0.482 e. The number of alkyl halides is 3. The van der Waals surface area contributed by atoms with Crippen molar-refractivity contribution in [2.45, 2.75) is 6.18 Å². The molecule has 0 fully saturated rings. The maximum atomic E-state index is 13.0. The van der Waals surface area contributed by atoms with Gasteiger partial charge in [-0.25, -0.2) is 0 Å². The molecule has 0 aliphatic rings. The van der Waals surface area contributed by atoms with Crippen molar-refractivity contribution in [1.82, 2.24) is 0 Å². The van der Waals surface area contributed by atoms with Crippen molar-refractivity contribution in [2.75, 3.05) is 17.2 Å². The molecule has 3 rings (SSSR count). The molecule has 0 radical (unpaired) electrons. The van der Waals surface area contributed by atoms with Crippen LogP contribution in [0, 0.1) is 11.3 Å². The fourth-order valence-corrected chi connectivity index (χ4v) is 4.34. The number of carbonyl (C=O) groups excluding carboxylic acids is 2. The van der Waals surface area contributed by atoms with Crippen molar-refractivity contribution >= 4 is 61.1 Å². The molecular weight excluding hydrogens is 607 g/mol. The van der Waals surface area contributed by atoms with Crippen LogP contribution >= 0.6 is 31.9 Å². The van der Waals surface area contributed by atoms with Gasteiger partial charge in [0.2, 0.25) is 0 Å². The number of anilines is 2. The number of rotatable bonds is 7. The average Bonchev–Trinajstić information content (AvgIpc) is 2.82. The topological polar surface area (TPSA) is 91.2 Å². The summed E-state index contributed by atoms with van der Waals surface area (Å²) in [6.45, 7) is -0.367.